The van der Waals surface area contributed by atoms with Crippen LogP contribution in [0, 0.1) is 16.7 Å². The third-order valence-corrected chi connectivity index (χ3v) is 4.62. The first kappa shape index (κ1) is 13.4. The molecule has 1 saturated carbocycles. The number of nitriles is 1. The number of hydrogen-bond acceptors (Lipinski definition) is 3. The number of carboxylic acid groups (broad SMARTS) is 1. The zero-order valence-electron chi connectivity index (χ0n) is 10.9. The number of piperidine rings is 1. The Morgan fingerprint density at radius 2 is 1.72 bits per heavy atom. The van der Waals surface area contributed by atoms with Crippen LogP contribution < -0.4 is 0 Å². The predicted molar refractivity (Wildman–Crippen MR) is 68.0 cm³/mol. The topological polar surface area (TPSA) is 64.3 Å². The first-order valence-corrected chi connectivity index (χ1v) is 7.07. The maximum absolute atomic E-state index is 11.2. The van der Waals surface area contributed by atoms with Gasteiger partial charge in [-0.25, -0.2) is 0 Å². The van der Waals surface area contributed by atoms with Crippen molar-refractivity contribution in [2.45, 2.75) is 57.4 Å². The van der Waals surface area contributed by atoms with Crippen LogP contribution in [-0.4, -0.2) is 35.1 Å². The Morgan fingerprint density at radius 3 is 2.17 bits per heavy atom. The van der Waals surface area contributed by atoms with E-state index in [2.05, 4.69) is 4.90 Å². The van der Waals surface area contributed by atoms with E-state index in [9.17, 15) is 9.90 Å². The van der Waals surface area contributed by atoms with Crippen LogP contribution in [-0.2, 0) is 4.79 Å². The first-order valence-electron chi connectivity index (χ1n) is 7.07. The van der Waals surface area contributed by atoms with Crippen molar-refractivity contribution >= 4 is 5.97 Å². The van der Waals surface area contributed by atoms with Gasteiger partial charge in [-0.3, -0.25) is 4.79 Å². The van der Waals surface area contributed by atoms with Crippen LogP contribution in [0.25, 0.3) is 0 Å². The molecule has 100 valence electrons. The molecular formula is C14H22N2O2. The lowest BCUT2D eigenvalue weighted by atomic mass is 9.79. The molecule has 0 atom stereocenters. The summed E-state index contributed by atoms with van der Waals surface area (Å²) in [6.07, 6.45) is 8.71. The van der Waals surface area contributed by atoms with E-state index >= 15 is 0 Å². The first-order chi connectivity index (χ1) is 8.68. The van der Waals surface area contributed by atoms with Crippen molar-refractivity contribution in [3.63, 3.8) is 0 Å². The van der Waals surface area contributed by atoms with Crippen molar-refractivity contribution in [3.8, 4) is 6.07 Å². The van der Waals surface area contributed by atoms with Crippen LogP contribution in [0.15, 0.2) is 0 Å². The summed E-state index contributed by atoms with van der Waals surface area (Å²) in [4.78, 5) is 13.6. The van der Waals surface area contributed by atoms with Crippen LogP contribution >= 0.6 is 0 Å². The van der Waals surface area contributed by atoms with E-state index in [1.807, 2.05) is 6.07 Å². The number of carbonyl (C=O) groups is 1. The summed E-state index contributed by atoms with van der Waals surface area (Å²) >= 11 is 0. The highest BCUT2D eigenvalue weighted by atomic mass is 16.4. The quantitative estimate of drug-likeness (QED) is 0.764. The van der Waals surface area contributed by atoms with Crippen LogP contribution in [0.2, 0.25) is 0 Å². The van der Waals surface area contributed by atoms with Gasteiger partial charge in [-0.15, -0.1) is 0 Å². The Balaban J connectivity index is 1.93. The molecule has 1 N–H and O–H groups in total. The fourth-order valence-corrected chi connectivity index (χ4v) is 3.27. The second-order valence-corrected chi connectivity index (χ2v) is 5.68. The van der Waals surface area contributed by atoms with Gasteiger partial charge in [0, 0.05) is 19.1 Å². The molecule has 0 amide bonds. The fraction of sp³-hybridized carbons (Fsp3) is 0.857. The number of carboxylic acids is 1. The number of rotatable bonds is 2. The highest BCUT2D eigenvalue weighted by Gasteiger charge is 2.42. The van der Waals surface area contributed by atoms with E-state index in [1.54, 1.807) is 0 Å². The van der Waals surface area contributed by atoms with Gasteiger partial charge in [0.05, 0.1) is 6.07 Å². The molecular weight excluding hydrogens is 228 g/mol. The minimum Gasteiger partial charge on any atom is -0.480 e. The van der Waals surface area contributed by atoms with Gasteiger partial charge >= 0.3 is 5.97 Å². The third-order valence-electron chi connectivity index (χ3n) is 4.62. The number of hydrogen-bond donors (Lipinski definition) is 1. The highest BCUT2D eigenvalue weighted by Crippen LogP contribution is 2.33. The fourth-order valence-electron chi connectivity index (χ4n) is 3.27. The standard InChI is InChI=1S/C14H22N2O2/c15-11-14(13(17)18)7-9-16(10-8-14)12-5-3-1-2-4-6-12/h12H,1-10H2,(H,17,18). The minimum atomic E-state index is -1.12. The summed E-state index contributed by atoms with van der Waals surface area (Å²) in [5.41, 5.74) is -1.12. The Kier molecular flexibility index (Phi) is 4.23. The average molecular weight is 250 g/mol. The summed E-state index contributed by atoms with van der Waals surface area (Å²) in [5, 5.41) is 18.3. The number of aliphatic carboxylic acids is 1. The Labute approximate surface area is 109 Å². The second kappa shape index (κ2) is 5.71. The maximum Gasteiger partial charge on any atom is 0.324 e. The molecule has 0 aromatic carbocycles. The van der Waals surface area contributed by atoms with E-state index in [4.69, 9.17) is 5.26 Å². The molecule has 18 heavy (non-hydrogen) atoms. The molecule has 0 aromatic rings. The van der Waals surface area contributed by atoms with Crippen molar-refractivity contribution in [1.82, 2.24) is 4.90 Å². The minimum absolute atomic E-state index is 0.481. The van der Waals surface area contributed by atoms with Gasteiger partial charge < -0.3 is 10.0 Å². The molecule has 0 radical (unpaired) electrons. The molecule has 4 heteroatoms. The zero-order valence-corrected chi connectivity index (χ0v) is 10.9. The van der Waals surface area contributed by atoms with Crippen LogP contribution in [0.4, 0.5) is 0 Å². The number of likely N-dealkylation sites (tertiary alicyclic amines) is 1. The van der Waals surface area contributed by atoms with Crippen molar-refractivity contribution in [3.05, 3.63) is 0 Å². The summed E-state index contributed by atoms with van der Waals surface area (Å²) in [7, 11) is 0. The average Bonchev–Trinajstić information content (AvgIpc) is 2.67. The Bertz CT molecular complexity index is 332. The van der Waals surface area contributed by atoms with E-state index in [0.29, 0.717) is 18.9 Å². The Morgan fingerprint density at radius 1 is 1.17 bits per heavy atom. The van der Waals surface area contributed by atoms with E-state index in [-0.39, 0.29) is 0 Å². The molecule has 2 aliphatic rings. The lowest BCUT2D eigenvalue weighted by Gasteiger charge is -2.39. The smallest absolute Gasteiger partial charge is 0.324 e. The van der Waals surface area contributed by atoms with Crippen LogP contribution in [0.5, 0.6) is 0 Å². The lowest BCUT2D eigenvalue weighted by Crippen LogP contribution is -2.47. The maximum atomic E-state index is 11.2. The third kappa shape index (κ3) is 2.67. The number of nitrogens with zero attached hydrogens (tertiary/aromatic N) is 2. The van der Waals surface area contributed by atoms with Gasteiger partial charge in [0.2, 0.25) is 0 Å². The lowest BCUT2D eigenvalue weighted by molar-refractivity contribution is -0.148. The van der Waals surface area contributed by atoms with E-state index < -0.39 is 11.4 Å². The molecule has 0 bridgehead atoms. The van der Waals surface area contributed by atoms with E-state index in [1.165, 1.54) is 38.5 Å². The van der Waals surface area contributed by atoms with Crippen LogP contribution in [0.3, 0.4) is 0 Å². The molecule has 1 saturated heterocycles. The van der Waals surface area contributed by atoms with Gasteiger partial charge in [0.15, 0.2) is 5.41 Å². The molecule has 2 rings (SSSR count). The molecule has 1 aliphatic heterocycles. The summed E-state index contributed by atoms with van der Waals surface area (Å²) in [6, 6.07) is 2.65. The van der Waals surface area contributed by atoms with Crippen molar-refractivity contribution < 1.29 is 9.90 Å². The van der Waals surface area contributed by atoms with Crippen molar-refractivity contribution in [2.24, 2.45) is 5.41 Å². The van der Waals surface area contributed by atoms with Gasteiger partial charge in [0.1, 0.15) is 0 Å². The van der Waals surface area contributed by atoms with E-state index in [0.717, 1.165) is 13.1 Å². The summed E-state index contributed by atoms with van der Waals surface area (Å²) in [6.45, 7) is 1.54. The molecule has 1 heterocycles. The monoisotopic (exact) mass is 250 g/mol. The summed E-state index contributed by atoms with van der Waals surface area (Å²) < 4.78 is 0. The van der Waals surface area contributed by atoms with Gasteiger partial charge in [-0.2, -0.15) is 5.26 Å². The second-order valence-electron chi connectivity index (χ2n) is 5.68. The summed E-state index contributed by atoms with van der Waals surface area (Å²) in [5.74, 6) is -0.939. The van der Waals surface area contributed by atoms with Crippen molar-refractivity contribution in [2.75, 3.05) is 13.1 Å². The normalized spacial score (nSPS) is 26.2. The van der Waals surface area contributed by atoms with Crippen LogP contribution in [0.1, 0.15) is 51.4 Å². The SMILES string of the molecule is N#CC1(C(=O)O)CCN(C2CCCCCC2)CC1. The molecule has 0 unspecified atom stereocenters. The van der Waals surface area contributed by atoms with Crippen molar-refractivity contribution in [1.29, 1.82) is 5.26 Å². The molecule has 1 aliphatic carbocycles. The largest absolute Gasteiger partial charge is 0.480 e. The molecule has 0 spiro atoms. The Hall–Kier alpha value is -1.08. The molecule has 0 aromatic heterocycles. The van der Waals surface area contributed by atoms with Gasteiger partial charge in [-0.1, -0.05) is 25.7 Å². The molecule has 4 nitrogen and oxygen atoms in total. The van der Waals surface area contributed by atoms with Gasteiger partial charge in [0.25, 0.3) is 0 Å². The zero-order chi connectivity index (χ0) is 13.0. The molecule has 2 fully saturated rings. The highest BCUT2D eigenvalue weighted by molar-refractivity contribution is 5.78. The van der Waals surface area contributed by atoms with Gasteiger partial charge in [-0.05, 0) is 25.7 Å². The predicted octanol–water partition coefficient (Wildman–Crippen LogP) is 2.40.